The molecule has 18 heavy (non-hydrogen) atoms. The summed E-state index contributed by atoms with van der Waals surface area (Å²) in [5.41, 5.74) is 5.30. The van der Waals surface area contributed by atoms with Crippen LogP contribution in [0.5, 0.6) is 0 Å². The van der Waals surface area contributed by atoms with Gasteiger partial charge in [-0.3, -0.25) is 9.36 Å². The summed E-state index contributed by atoms with van der Waals surface area (Å²) in [5, 5.41) is 2.11. The van der Waals surface area contributed by atoms with Crippen LogP contribution in [0.3, 0.4) is 0 Å². The molecule has 1 aliphatic rings. The van der Waals surface area contributed by atoms with E-state index in [0.717, 1.165) is 5.69 Å². The van der Waals surface area contributed by atoms with Crippen molar-refractivity contribution in [3.05, 3.63) is 28.2 Å². The molecular weight excluding hydrogens is 247 g/mol. The van der Waals surface area contributed by atoms with E-state index in [4.69, 9.17) is 5.73 Å². The third-order valence-electron chi connectivity index (χ3n) is 3.04. The number of nitrogens with one attached hydrogen (secondary N) is 1. The van der Waals surface area contributed by atoms with Gasteiger partial charge in [0.1, 0.15) is 12.2 Å². The summed E-state index contributed by atoms with van der Waals surface area (Å²) in [5.74, 6) is 0. The summed E-state index contributed by atoms with van der Waals surface area (Å²) in [6.45, 7) is 0.460. The maximum Gasteiger partial charge on any atom is 0.405 e. The molecule has 4 nitrogen and oxygen atoms in total. The highest BCUT2D eigenvalue weighted by molar-refractivity contribution is 5.43. The monoisotopic (exact) mass is 261 g/mol. The lowest BCUT2D eigenvalue weighted by Gasteiger charge is -2.22. The quantitative estimate of drug-likeness (QED) is 0.846. The first-order chi connectivity index (χ1) is 8.21. The number of aromatic nitrogens is 1. The van der Waals surface area contributed by atoms with E-state index in [1.54, 1.807) is 13.0 Å². The van der Waals surface area contributed by atoms with E-state index in [9.17, 15) is 18.0 Å². The third kappa shape index (κ3) is 2.35. The molecule has 1 unspecified atom stereocenters. The zero-order chi connectivity index (χ0) is 13.6. The Morgan fingerprint density at radius 3 is 2.78 bits per heavy atom. The van der Waals surface area contributed by atoms with Gasteiger partial charge in [-0.15, -0.1) is 0 Å². The van der Waals surface area contributed by atoms with Crippen molar-refractivity contribution in [3.63, 3.8) is 0 Å². The number of aryl methyl sites for hydroxylation is 1. The van der Waals surface area contributed by atoms with Crippen molar-refractivity contribution >= 4 is 5.69 Å². The van der Waals surface area contributed by atoms with Crippen LogP contribution in [0.2, 0.25) is 0 Å². The highest BCUT2D eigenvalue weighted by Crippen LogP contribution is 2.26. The van der Waals surface area contributed by atoms with Crippen molar-refractivity contribution in [2.75, 3.05) is 11.9 Å². The zero-order valence-corrected chi connectivity index (χ0v) is 9.84. The van der Waals surface area contributed by atoms with Crippen LogP contribution in [0.25, 0.3) is 0 Å². The Labute approximate surface area is 102 Å². The average Bonchev–Trinajstić information content (AvgIpc) is 2.53. The largest absolute Gasteiger partial charge is 0.405 e. The van der Waals surface area contributed by atoms with Crippen molar-refractivity contribution < 1.29 is 13.2 Å². The lowest BCUT2D eigenvalue weighted by Crippen LogP contribution is -2.44. The molecule has 7 heteroatoms. The predicted molar refractivity (Wildman–Crippen MR) is 61.4 cm³/mol. The lowest BCUT2D eigenvalue weighted by atomic mass is 10.1. The smallest absolute Gasteiger partial charge is 0.372 e. The Bertz CT molecular complexity index is 519. The molecule has 0 saturated heterocycles. The third-order valence-corrected chi connectivity index (χ3v) is 3.04. The fourth-order valence-electron chi connectivity index (χ4n) is 2.15. The van der Waals surface area contributed by atoms with Crippen LogP contribution in [0.15, 0.2) is 16.9 Å². The van der Waals surface area contributed by atoms with Crippen LogP contribution in [-0.2, 0) is 12.1 Å². The molecule has 0 fully saturated rings. The summed E-state index contributed by atoms with van der Waals surface area (Å²) in [6.07, 6.45) is -3.10. The van der Waals surface area contributed by atoms with E-state index in [0.29, 0.717) is 12.8 Å². The second-order valence-electron chi connectivity index (χ2n) is 4.70. The second kappa shape index (κ2) is 4.01. The van der Waals surface area contributed by atoms with Gasteiger partial charge in [0.25, 0.3) is 5.56 Å². The summed E-state index contributed by atoms with van der Waals surface area (Å²) in [7, 11) is 0. The van der Waals surface area contributed by atoms with Crippen LogP contribution in [-0.4, -0.2) is 17.3 Å². The first-order valence-electron chi connectivity index (χ1n) is 5.56. The van der Waals surface area contributed by atoms with Crippen LogP contribution in [0, 0.1) is 0 Å². The molecule has 1 atom stereocenters. The number of nitrogens with two attached hydrogens (primary N) is 1. The van der Waals surface area contributed by atoms with E-state index >= 15 is 0 Å². The van der Waals surface area contributed by atoms with Gasteiger partial charge in [-0.1, -0.05) is 0 Å². The first kappa shape index (κ1) is 12.9. The van der Waals surface area contributed by atoms with E-state index in [1.807, 2.05) is 0 Å². The van der Waals surface area contributed by atoms with Crippen LogP contribution < -0.4 is 16.6 Å². The van der Waals surface area contributed by atoms with Gasteiger partial charge >= 0.3 is 6.18 Å². The number of halogens is 3. The molecular formula is C11H14F3N3O. The molecule has 100 valence electrons. The average molecular weight is 261 g/mol. The predicted octanol–water partition coefficient (Wildman–Crippen LogP) is 1.40. The number of fused-ring (bicyclic) bond motifs is 1. The molecule has 0 bridgehead atoms. The topological polar surface area (TPSA) is 60.0 Å². The van der Waals surface area contributed by atoms with Crippen molar-refractivity contribution in [1.82, 2.24) is 4.57 Å². The summed E-state index contributed by atoms with van der Waals surface area (Å²) in [4.78, 5) is 12.0. The van der Waals surface area contributed by atoms with Crippen molar-refractivity contribution in [2.45, 2.75) is 31.6 Å². The van der Waals surface area contributed by atoms with Crippen molar-refractivity contribution in [3.8, 4) is 0 Å². The van der Waals surface area contributed by atoms with Gasteiger partial charge in [-0.25, -0.2) is 0 Å². The Hall–Kier alpha value is -1.50. The molecule has 2 rings (SSSR count). The van der Waals surface area contributed by atoms with Crippen molar-refractivity contribution in [2.24, 2.45) is 5.73 Å². The molecule has 1 aromatic heterocycles. The first-order valence-corrected chi connectivity index (χ1v) is 5.56. The number of anilines is 1. The number of nitrogens with zero attached hydrogens (tertiary/aromatic N) is 1. The van der Waals surface area contributed by atoms with Gasteiger partial charge < -0.3 is 11.1 Å². The minimum atomic E-state index is -4.36. The Morgan fingerprint density at radius 1 is 1.50 bits per heavy atom. The van der Waals surface area contributed by atoms with Gasteiger partial charge in [0.2, 0.25) is 0 Å². The van der Waals surface area contributed by atoms with Crippen LogP contribution in [0.1, 0.15) is 19.0 Å². The van der Waals surface area contributed by atoms with Crippen LogP contribution >= 0.6 is 0 Å². The van der Waals surface area contributed by atoms with Gasteiger partial charge in [-0.05, 0) is 31.9 Å². The normalized spacial score (nSPS) is 22.9. The number of alkyl halides is 3. The number of hydrogen-bond donors (Lipinski definition) is 2. The standard InChI is InChI=1S/C11H14F3N3O/c1-10(15)5-4-7-2-3-8(9(18)17(7)10)16-6-11(12,13)14/h2-3,16H,4-6,15H2,1H3. The minimum absolute atomic E-state index is 0.0744. The Balaban J connectivity index is 2.34. The molecule has 0 amide bonds. The molecule has 3 N–H and O–H groups in total. The fourth-order valence-corrected chi connectivity index (χ4v) is 2.15. The molecule has 0 aromatic carbocycles. The minimum Gasteiger partial charge on any atom is -0.372 e. The van der Waals surface area contributed by atoms with E-state index in [-0.39, 0.29) is 5.69 Å². The molecule has 0 aliphatic carbocycles. The number of hydrogen-bond acceptors (Lipinski definition) is 3. The van der Waals surface area contributed by atoms with Gasteiger partial charge in [0, 0.05) is 5.69 Å². The Morgan fingerprint density at radius 2 is 2.17 bits per heavy atom. The Kier molecular flexibility index (Phi) is 2.89. The highest BCUT2D eigenvalue weighted by atomic mass is 19.4. The van der Waals surface area contributed by atoms with Gasteiger partial charge in [0.05, 0.1) is 5.66 Å². The van der Waals surface area contributed by atoms with Crippen LogP contribution in [0.4, 0.5) is 18.9 Å². The molecule has 1 aromatic rings. The zero-order valence-electron chi connectivity index (χ0n) is 9.84. The summed E-state index contributed by atoms with van der Waals surface area (Å²) >= 11 is 0. The molecule has 1 aliphatic heterocycles. The fraction of sp³-hybridized carbons (Fsp3) is 0.545. The summed E-state index contributed by atoms with van der Waals surface area (Å²) < 4.78 is 37.7. The highest BCUT2D eigenvalue weighted by Gasteiger charge is 2.32. The van der Waals surface area contributed by atoms with E-state index < -0.39 is 23.9 Å². The number of pyridine rings is 1. The summed E-state index contributed by atoms with van der Waals surface area (Å²) in [6, 6.07) is 3.01. The molecule has 0 saturated carbocycles. The molecule has 2 heterocycles. The van der Waals surface area contributed by atoms with Gasteiger partial charge in [-0.2, -0.15) is 13.2 Å². The second-order valence-corrected chi connectivity index (χ2v) is 4.70. The maximum atomic E-state index is 12.1. The van der Waals surface area contributed by atoms with E-state index in [2.05, 4.69) is 5.32 Å². The van der Waals surface area contributed by atoms with Gasteiger partial charge in [0.15, 0.2) is 0 Å². The maximum absolute atomic E-state index is 12.1. The van der Waals surface area contributed by atoms with E-state index in [1.165, 1.54) is 10.6 Å². The SMILES string of the molecule is CC1(N)CCc2ccc(NCC(F)(F)F)c(=O)n21. The lowest BCUT2D eigenvalue weighted by molar-refractivity contribution is -0.115. The number of rotatable bonds is 2. The molecule has 0 radical (unpaired) electrons. The van der Waals surface area contributed by atoms with Crippen molar-refractivity contribution in [1.29, 1.82) is 0 Å². The molecule has 0 spiro atoms.